The zero-order valence-electron chi connectivity index (χ0n) is 11.7. The standard InChI is InChI=1S/C13H10NOS.C5H5.Fe/c15-12(9-5-1-2-6-9)13-14-10-7-3-4-8-11(10)16-13;1-2-4-5-3-1;/h1-8,12,15H;1-5H;/q-5;-1;. The second-order valence-electron chi connectivity index (χ2n) is 4.60. The van der Waals surface area contributed by atoms with E-state index < -0.39 is 6.10 Å². The predicted octanol–water partition coefficient (Wildman–Crippen LogP) is 4.50. The fourth-order valence-corrected chi connectivity index (χ4v) is 3.02. The summed E-state index contributed by atoms with van der Waals surface area (Å²) in [4.78, 5) is 4.44. The second kappa shape index (κ2) is 8.06. The van der Waals surface area contributed by atoms with Crippen molar-refractivity contribution in [1.82, 2.24) is 4.98 Å². The maximum atomic E-state index is 10.1. The van der Waals surface area contributed by atoms with Gasteiger partial charge in [-0.2, -0.15) is 18.2 Å². The maximum absolute atomic E-state index is 10.1. The molecule has 3 aromatic carbocycles. The molecule has 0 spiro atoms. The summed E-state index contributed by atoms with van der Waals surface area (Å²) in [5, 5.41) is 10.9. The molecule has 1 heterocycles. The van der Waals surface area contributed by atoms with E-state index in [1.165, 1.54) is 0 Å². The fourth-order valence-electron chi connectivity index (χ4n) is 2.04. The number of hydrogen-bond donors (Lipinski definition) is 1. The minimum Gasteiger partial charge on any atom is -0.747 e. The Kier molecular flexibility index (Phi) is 6.10. The number of aromatic nitrogens is 1. The van der Waals surface area contributed by atoms with Gasteiger partial charge in [-0.3, -0.25) is 0 Å². The SMILES string of the molecule is OC(c1nc2ccccc2s1)[c-]1[cH-][cH-][cH-][cH-]1.[Fe].c1cc[cH-]c1. The molecule has 0 saturated carbocycles. The van der Waals surface area contributed by atoms with Gasteiger partial charge in [0.05, 0.1) is 15.2 Å². The first-order valence-electron chi connectivity index (χ1n) is 6.76. The molecule has 4 aromatic rings. The van der Waals surface area contributed by atoms with Crippen molar-refractivity contribution in [2.24, 2.45) is 0 Å². The summed E-state index contributed by atoms with van der Waals surface area (Å²) < 4.78 is 1.11. The van der Waals surface area contributed by atoms with E-state index in [4.69, 9.17) is 0 Å². The summed E-state index contributed by atoms with van der Waals surface area (Å²) in [6.07, 6.45) is -0.604. The number of hydrogen-bond acceptors (Lipinski definition) is 3. The molecule has 1 atom stereocenters. The third kappa shape index (κ3) is 3.93. The topological polar surface area (TPSA) is 33.1 Å². The van der Waals surface area contributed by atoms with Crippen LogP contribution < -0.4 is 0 Å². The molecule has 2 nitrogen and oxygen atoms in total. The summed E-state index contributed by atoms with van der Waals surface area (Å²) in [6.45, 7) is 0. The summed E-state index contributed by atoms with van der Waals surface area (Å²) in [6, 6.07) is 25.6. The van der Waals surface area contributed by atoms with E-state index in [1.54, 1.807) is 11.3 Å². The smallest absolute Gasteiger partial charge is 0.0901 e. The number of aliphatic hydroxyl groups excluding tert-OH is 1. The third-order valence-corrected chi connectivity index (χ3v) is 4.19. The van der Waals surface area contributed by atoms with E-state index in [-0.39, 0.29) is 17.1 Å². The van der Waals surface area contributed by atoms with Gasteiger partial charge in [-0.25, -0.2) is 17.1 Å². The van der Waals surface area contributed by atoms with Gasteiger partial charge >= 0.3 is 0 Å². The molecule has 118 valence electrons. The number of benzene rings is 1. The monoisotopic (exact) mass is 349 g/mol. The van der Waals surface area contributed by atoms with Gasteiger partial charge in [0.15, 0.2) is 0 Å². The number of aliphatic hydroxyl groups is 1. The second-order valence-corrected chi connectivity index (χ2v) is 5.67. The van der Waals surface area contributed by atoms with Crippen LogP contribution in [0.4, 0.5) is 0 Å². The van der Waals surface area contributed by atoms with E-state index >= 15 is 0 Å². The van der Waals surface area contributed by atoms with Crippen LogP contribution >= 0.6 is 11.3 Å². The molecule has 0 aliphatic carbocycles. The molecule has 1 unspecified atom stereocenters. The normalized spacial score (nSPS) is 11.3. The van der Waals surface area contributed by atoms with E-state index in [1.807, 2.05) is 78.9 Å². The van der Waals surface area contributed by atoms with Gasteiger partial charge in [-0.05, 0) is 12.1 Å². The van der Waals surface area contributed by atoms with Crippen LogP contribution in [0.2, 0.25) is 0 Å². The Morgan fingerprint density at radius 2 is 1.73 bits per heavy atom. The molecule has 0 aliphatic rings. The van der Waals surface area contributed by atoms with Crippen LogP contribution in [-0.4, -0.2) is 10.1 Å². The molecule has 22 heavy (non-hydrogen) atoms. The van der Waals surface area contributed by atoms with Gasteiger partial charge < -0.3 is 34.9 Å². The Balaban J connectivity index is 0.000000253. The number of fused-ring (bicyclic) bond motifs is 1. The van der Waals surface area contributed by atoms with Crippen LogP contribution in [0.15, 0.2) is 78.9 Å². The van der Waals surface area contributed by atoms with Crippen LogP contribution in [0.5, 0.6) is 0 Å². The van der Waals surface area contributed by atoms with Crippen LogP contribution in [0, 0.1) is 0 Å². The van der Waals surface area contributed by atoms with Crippen LogP contribution in [0.25, 0.3) is 10.2 Å². The van der Waals surface area contributed by atoms with Crippen molar-refractivity contribution < 1.29 is 22.2 Å². The quantitative estimate of drug-likeness (QED) is 0.427. The van der Waals surface area contributed by atoms with Crippen molar-refractivity contribution in [3.8, 4) is 0 Å². The van der Waals surface area contributed by atoms with E-state index in [0.717, 1.165) is 20.8 Å². The van der Waals surface area contributed by atoms with E-state index in [2.05, 4.69) is 4.98 Å². The van der Waals surface area contributed by atoms with Gasteiger partial charge in [0.2, 0.25) is 0 Å². The fraction of sp³-hybridized carbons (Fsp3) is 0.0556. The Bertz CT molecular complexity index is 724. The first-order valence-corrected chi connectivity index (χ1v) is 7.58. The Morgan fingerprint density at radius 3 is 2.32 bits per heavy atom. The van der Waals surface area contributed by atoms with Crippen LogP contribution in [0.3, 0.4) is 0 Å². The van der Waals surface area contributed by atoms with Gasteiger partial charge in [-0.1, -0.05) is 18.2 Å². The number of rotatable bonds is 2. The molecule has 1 aromatic heterocycles. The summed E-state index contributed by atoms with van der Waals surface area (Å²) in [7, 11) is 0. The number of para-hydroxylation sites is 1. The van der Waals surface area contributed by atoms with Crippen LogP contribution in [0.1, 0.15) is 16.7 Å². The number of nitrogens with zero attached hydrogens (tertiary/aromatic N) is 1. The summed E-state index contributed by atoms with van der Waals surface area (Å²) in [5.74, 6) is 0. The van der Waals surface area contributed by atoms with Crippen molar-refractivity contribution in [2.75, 3.05) is 0 Å². The van der Waals surface area contributed by atoms with Crippen molar-refractivity contribution in [3.05, 3.63) is 89.4 Å². The minimum atomic E-state index is -0.604. The molecule has 0 radical (unpaired) electrons. The van der Waals surface area contributed by atoms with Crippen molar-refractivity contribution in [1.29, 1.82) is 0 Å². The van der Waals surface area contributed by atoms with E-state index in [0.29, 0.717) is 0 Å². The third-order valence-electron chi connectivity index (χ3n) is 3.10. The maximum Gasteiger partial charge on any atom is 0.0901 e. The first kappa shape index (κ1) is 16.7. The Hall–Kier alpha value is -1.71. The minimum absolute atomic E-state index is 0. The summed E-state index contributed by atoms with van der Waals surface area (Å²) in [5.41, 5.74) is 1.85. The molecule has 4 heteroatoms. The van der Waals surface area contributed by atoms with Crippen molar-refractivity contribution in [3.63, 3.8) is 0 Å². The summed E-state index contributed by atoms with van der Waals surface area (Å²) >= 11 is 1.54. The molecule has 1 N–H and O–H groups in total. The molecule has 0 saturated heterocycles. The molecule has 4 rings (SSSR count). The zero-order chi connectivity index (χ0) is 14.5. The number of thiazole rings is 1. The van der Waals surface area contributed by atoms with E-state index in [9.17, 15) is 5.11 Å². The molecular weight excluding hydrogens is 334 g/mol. The Morgan fingerprint density at radius 1 is 1.05 bits per heavy atom. The zero-order valence-corrected chi connectivity index (χ0v) is 13.7. The van der Waals surface area contributed by atoms with Gasteiger partial charge in [-0.15, -0.1) is 11.3 Å². The van der Waals surface area contributed by atoms with Crippen molar-refractivity contribution >= 4 is 21.6 Å². The largest absolute Gasteiger partial charge is 0.747 e. The van der Waals surface area contributed by atoms with Crippen LogP contribution in [-0.2, 0) is 17.1 Å². The molecule has 0 bridgehead atoms. The van der Waals surface area contributed by atoms with Gasteiger partial charge in [0, 0.05) is 17.1 Å². The molecule has 0 aliphatic heterocycles. The average molecular weight is 349 g/mol. The van der Waals surface area contributed by atoms with Crippen molar-refractivity contribution in [2.45, 2.75) is 6.10 Å². The average Bonchev–Trinajstić information content (AvgIpc) is 3.28. The first-order chi connectivity index (χ1) is 10.3. The predicted molar refractivity (Wildman–Crippen MR) is 87.8 cm³/mol. The molecule has 0 amide bonds. The molecular formula is C18H15FeNOS-6. The van der Waals surface area contributed by atoms with Gasteiger partial charge in [0.25, 0.3) is 0 Å². The molecule has 0 fully saturated rings. The van der Waals surface area contributed by atoms with Gasteiger partial charge in [0.1, 0.15) is 0 Å². The Labute approximate surface area is 144 Å².